The van der Waals surface area contributed by atoms with Gasteiger partial charge in [0.05, 0.1) is 17.0 Å². The Kier molecular flexibility index (Phi) is 10.5. The van der Waals surface area contributed by atoms with Gasteiger partial charge in [0, 0.05) is 33.5 Å². The highest BCUT2D eigenvalue weighted by Gasteiger charge is 2.48. The van der Waals surface area contributed by atoms with Crippen molar-refractivity contribution in [1.82, 2.24) is 0 Å². The van der Waals surface area contributed by atoms with Crippen LogP contribution in [0.2, 0.25) is 0 Å². The van der Waals surface area contributed by atoms with Crippen LogP contribution in [0.5, 0.6) is 0 Å². The molecule has 2 nitrogen and oxygen atoms in total. The van der Waals surface area contributed by atoms with Crippen molar-refractivity contribution < 1.29 is 0 Å². The van der Waals surface area contributed by atoms with Gasteiger partial charge in [-0.2, -0.15) is 0 Å². The summed E-state index contributed by atoms with van der Waals surface area (Å²) in [4.78, 5) is 5.31. The molecule has 0 radical (unpaired) electrons. The highest BCUT2D eigenvalue weighted by Crippen LogP contribution is 2.59. The van der Waals surface area contributed by atoms with E-state index in [9.17, 15) is 0 Å². The molecule has 3 unspecified atom stereocenters. The fraction of sp³-hybridized carbons (Fsp3) is 0.128. The van der Waals surface area contributed by atoms with E-state index in [-0.39, 0.29) is 6.04 Å². The molecular weight excluding hydrogens is 965 g/mol. The second kappa shape index (κ2) is 17.9. The number of anilines is 4. The average Bonchev–Trinajstić information content (AvgIpc) is 4.03. The summed E-state index contributed by atoms with van der Waals surface area (Å²) in [6.07, 6.45) is 3.93. The zero-order valence-corrected chi connectivity index (χ0v) is 45.5. The highest BCUT2D eigenvalue weighted by atomic mass is 15.2. The first kappa shape index (κ1) is 46.8. The normalized spacial score (nSPS) is 17.1. The van der Waals surface area contributed by atoms with Crippen molar-refractivity contribution in [2.45, 2.75) is 63.5 Å². The molecule has 0 amide bonds. The summed E-state index contributed by atoms with van der Waals surface area (Å²) < 4.78 is 0. The van der Waals surface area contributed by atoms with Crippen molar-refractivity contribution in [2.24, 2.45) is 0 Å². The largest absolute Gasteiger partial charge is 0.334 e. The predicted molar refractivity (Wildman–Crippen MR) is 339 cm³/mol. The van der Waals surface area contributed by atoms with Crippen LogP contribution in [-0.2, 0) is 23.8 Å². The second-order valence-corrected chi connectivity index (χ2v) is 23.1. The van der Waals surface area contributed by atoms with E-state index in [1.165, 1.54) is 143 Å². The van der Waals surface area contributed by atoms with Crippen molar-refractivity contribution >= 4 is 87.4 Å². The molecule has 0 saturated heterocycles. The molecule has 0 aliphatic heterocycles. The molecule has 3 aliphatic rings. The third-order valence-corrected chi connectivity index (χ3v) is 19.0. The minimum atomic E-state index is -0.629. The molecule has 2 heteroatoms. The van der Waals surface area contributed by atoms with Crippen LogP contribution in [0, 0.1) is 0 Å². The monoisotopic (exact) mass is 1020 g/mol. The molecule has 0 spiro atoms. The number of rotatable bonds is 9. The van der Waals surface area contributed by atoms with Gasteiger partial charge in [0.25, 0.3) is 0 Å². The van der Waals surface area contributed by atoms with Gasteiger partial charge in [-0.1, -0.05) is 225 Å². The lowest BCUT2D eigenvalue weighted by Gasteiger charge is -2.45. The highest BCUT2D eigenvalue weighted by molar-refractivity contribution is 6.27. The maximum absolute atomic E-state index is 2.71. The van der Waals surface area contributed by atoms with Crippen LogP contribution in [0.25, 0.3) is 75.8 Å². The van der Waals surface area contributed by atoms with Crippen LogP contribution in [0.15, 0.2) is 255 Å². The van der Waals surface area contributed by atoms with Gasteiger partial charge >= 0.3 is 0 Å². The molecule has 0 heterocycles. The van der Waals surface area contributed by atoms with E-state index in [0.29, 0.717) is 0 Å². The van der Waals surface area contributed by atoms with Crippen LogP contribution < -0.4 is 9.80 Å². The molecular formula is C78H60N2. The molecule has 17 rings (SSSR count). The topological polar surface area (TPSA) is 6.48 Å². The van der Waals surface area contributed by atoms with Gasteiger partial charge in [-0.05, 0) is 185 Å². The number of aryl methyl sites for hydroxylation is 2. The molecule has 0 fully saturated rings. The van der Waals surface area contributed by atoms with Crippen LogP contribution in [-0.4, -0.2) is 0 Å². The molecule has 3 atom stereocenters. The molecule has 4 bridgehead atoms. The number of hydrogen-bond acceptors (Lipinski definition) is 2. The zero-order chi connectivity index (χ0) is 53.3. The number of nitrogens with zero attached hydrogens (tertiary/aromatic N) is 2. The maximum Gasteiger partial charge on any atom is 0.0713 e. The van der Waals surface area contributed by atoms with Gasteiger partial charge in [0.2, 0.25) is 0 Å². The van der Waals surface area contributed by atoms with Crippen molar-refractivity contribution in [3.8, 4) is 11.1 Å². The van der Waals surface area contributed by atoms with Gasteiger partial charge in [-0.15, -0.1) is 0 Å². The van der Waals surface area contributed by atoms with Gasteiger partial charge in [0.15, 0.2) is 0 Å². The summed E-state index contributed by atoms with van der Waals surface area (Å²) in [6, 6.07) is 98.3. The summed E-state index contributed by atoms with van der Waals surface area (Å²) in [6.45, 7) is 7.21. The van der Waals surface area contributed by atoms with Gasteiger partial charge in [-0.25, -0.2) is 0 Å². The fourth-order valence-corrected chi connectivity index (χ4v) is 15.1. The Labute approximate surface area is 468 Å². The summed E-state index contributed by atoms with van der Waals surface area (Å²) in [7, 11) is 0. The quantitative estimate of drug-likeness (QED) is 0.133. The number of fused-ring (bicyclic) bond motifs is 7. The molecule has 0 saturated carbocycles. The van der Waals surface area contributed by atoms with E-state index >= 15 is 0 Å². The van der Waals surface area contributed by atoms with Crippen molar-refractivity contribution in [3.63, 3.8) is 0 Å². The molecule has 14 aromatic carbocycles. The molecule has 3 aliphatic carbocycles. The predicted octanol–water partition coefficient (Wildman–Crippen LogP) is 20.7. The Hall–Kier alpha value is -9.24. The lowest BCUT2D eigenvalue weighted by Crippen LogP contribution is -2.42. The Bertz CT molecular complexity index is 4660. The lowest BCUT2D eigenvalue weighted by atomic mass is 9.66. The lowest BCUT2D eigenvalue weighted by molar-refractivity contribution is 0.426. The van der Waals surface area contributed by atoms with Crippen molar-refractivity contribution in [3.05, 3.63) is 299 Å². The number of hydrogen-bond donors (Lipinski definition) is 0. The minimum absolute atomic E-state index is 0.0402. The van der Waals surface area contributed by atoms with Crippen molar-refractivity contribution in [1.29, 1.82) is 0 Å². The van der Waals surface area contributed by atoms with Gasteiger partial charge in [-0.3, -0.25) is 0 Å². The Morgan fingerprint density at radius 2 is 0.912 bits per heavy atom. The van der Waals surface area contributed by atoms with E-state index in [4.69, 9.17) is 0 Å². The molecule has 0 N–H and O–H groups in total. The third-order valence-electron chi connectivity index (χ3n) is 19.0. The Morgan fingerprint density at radius 3 is 1.51 bits per heavy atom. The fourth-order valence-electron chi connectivity index (χ4n) is 15.1. The molecule has 80 heavy (non-hydrogen) atoms. The third kappa shape index (κ3) is 6.78. The summed E-state index contributed by atoms with van der Waals surface area (Å²) >= 11 is 0. The number of para-hydroxylation sites is 2. The van der Waals surface area contributed by atoms with E-state index in [1.807, 2.05) is 0 Å². The van der Waals surface area contributed by atoms with Crippen LogP contribution >= 0.6 is 0 Å². The second-order valence-electron chi connectivity index (χ2n) is 23.1. The van der Waals surface area contributed by atoms with Gasteiger partial charge in [0.1, 0.15) is 0 Å². The summed E-state index contributed by atoms with van der Waals surface area (Å²) in [5.41, 5.74) is 16.9. The van der Waals surface area contributed by atoms with Crippen LogP contribution in [0.3, 0.4) is 0 Å². The first-order chi connectivity index (χ1) is 39.4. The van der Waals surface area contributed by atoms with Crippen LogP contribution in [0.4, 0.5) is 22.7 Å². The number of benzene rings is 14. The van der Waals surface area contributed by atoms with Gasteiger partial charge < -0.3 is 9.80 Å². The van der Waals surface area contributed by atoms with E-state index in [0.717, 1.165) is 25.7 Å². The first-order valence-electron chi connectivity index (χ1n) is 28.9. The van der Waals surface area contributed by atoms with E-state index in [2.05, 4.69) is 285 Å². The minimum Gasteiger partial charge on any atom is -0.334 e. The van der Waals surface area contributed by atoms with E-state index in [1.54, 1.807) is 0 Å². The van der Waals surface area contributed by atoms with Crippen molar-refractivity contribution in [2.75, 3.05) is 9.80 Å². The smallest absolute Gasteiger partial charge is 0.0713 e. The Morgan fingerprint density at radius 1 is 0.425 bits per heavy atom. The summed E-state index contributed by atoms with van der Waals surface area (Å²) in [5.74, 6) is 0. The summed E-state index contributed by atoms with van der Waals surface area (Å²) in [5, 5.41) is 15.6. The van der Waals surface area contributed by atoms with E-state index < -0.39 is 11.0 Å². The molecule has 14 aromatic rings. The molecule has 0 aromatic heterocycles. The zero-order valence-electron chi connectivity index (χ0n) is 45.5. The SMILES string of the molecule is CCc1ccc(C23c4ccc(cc4)CCCC(C)(N(c4ccccc4)c4ccc5ccc6cccc7ccc4c5c67)c4ccc(c2c4)-c2ccc(C(C)N(c4ccccc4)c4ccc5ccc6cccc7ccc4c5c67)cc23)cc1. The average molecular weight is 1030 g/mol. The maximum atomic E-state index is 2.71. The standard InChI is InChI=1S/C78H60N2/c1-4-51-23-36-60(37-24-51)78-61-38-25-52(26-39-61)14-13-47-77(3,80(64-21-9-6-10-22-64)72-46-35-58-30-28-54-16-12-18-56-32-43-68(72)76(58)74(54)56)62-40-44-66(70(78)49-62)65-41-33-59(48-69(65)78)50(2)79(63-19-7-5-8-20-63)71-45-34-57-29-27-53-15-11-17-55-31-42-67(71)75(57)73(53)55/h5-12,15-46,48-50H,4,13-14,47H2,1-3H3. The molecule has 382 valence electrons. The Balaban J connectivity index is 0.929. The van der Waals surface area contributed by atoms with Crippen LogP contribution in [0.1, 0.15) is 84.2 Å². The first-order valence-corrected chi connectivity index (χ1v) is 28.9.